The molecule has 1 fully saturated rings. The van der Waals surface area contributed by atoms with Crippen LogP contribution >= 0.6 is 0 Å². The SMILES string of the molecule is COCCn1c(N)c(NCC2CCC(C)C2)c(=O)[nH]c1=O. The molecule has 0 bridgehead atoms. The molecule has 1 saturated carbocycles. The molecule has 118 valence electrons. The van der Waals surface area contributed by atoms with E-state index in [4.69, 9.17) is 10.5 Å². The fraction of sp³-hybridized carbons (Fsp3) is 0.714. The van der Waals surface area contributed by atoms with Gasteiger partial charge in [0.25, 0.3) is 5.56 Å². The van der Waals surface area contributed by atoms with Crippen LogP contribution in [0.5, 0.6) is 0 Å². The Morgan fingerprint density at radius 1 is 1.43 bits per heavy atom. The van der Waals surface area contributed by atoms with Crippen molar-refractivity contribution in [3.63, 3.8) is 0 Å². The fourth-order valence-corrected chi connectivity index (χ4v) is 2.92. The van der Waals surface area contributed by atoms with Crippen molar-refractivity contribution in [3.8, 4) is 0 Å². The number of aromatic nitrogens is 2. The minimum absolute atomic E-state index is 0.173. The lowest BCUT2D eigenvalue weighted by Crippen LogP contribution is -2.35. The van der Waals surface area contributed by atoms with Gasteiger partial charge in [0.2, 0.25) is 0 Å². The van der Waals surface area contributed by atoms with Crippen LogP contribution in [0.1, 0.15) is 26.2 Å². The average molecular weight is 296 g/mol. The molecule has 2 unspecified atom stereocenters. The molecule has 1 heterocycles. The van der Waals surface area contributed by atoms with E-state index in [9.17, 15) is 9.59 Å². The predicted octanol–water partition coefficient (Wildman–Crippen LogP) is 0.613. The zero-order chi connectivity index (χ0) is 15.4. The molecule has 0 aromatic carbocycles. The minimum atomic E-state index is -0.505. The van der Waals surface area contributed by atoms with E-state index in [1.54, 1.807) is 7.11 Å². The number of aromatic amines is 1. The van der Waals surface area contributed by atoms with Crippen LogP contribution in [0.2, 0.25) is 0 Å². The van der Waals surface area contributed by atoms with Crippen LogP contribution in [0.15, 0.2) is 9.59 Å². The van der Waals surface area contributed by atoms with Gasteiger partial charge in [-0.2, -0.15) is 0 Å². The summed E-state index contributed by atoms with van der Waals surface area (Å²) in [7, 11) is 1.55. The van der Waals surface area contributed by atoms with E-state index in [2.05, 4.69) is 17.2 Å². The molecule has 4 N–H and O–H groups in total. The van der Waals surface area contributed by atoms with Gasteiger partial charge in [0, 0.05) is 13.7 Å². The second kappa shape index (κ2) is 6.80. The van der Waals surface area contributed by atoms with E-state index >= 15 is 0 Å². The normalized spacial score (nSPS) is 21.6. The number of H-pyrrole nitrogens is 1. The highest BCUT2D eigenvalue weighted by atomic mass is 16.5. The first-order valence-corrected chi connectivity index (χ1v) is 7.38. The summed E-state index contributed by atoms with van der Waals surface area (Å²) in [6.45, 7) is 3.62. The monoisotopic (exact) mass is 296 g/mol. The molecule has 21 heavy (non-hydrogen) atoms. The summed E-state index contributed by atoms with van der Waals surface area (Å²) in [5.41, 5.74) is 5.28. The first-order valence-electron chi connectivity index (χ1n) is 7.38. The number of nitrogens with zero attached hydrogens (tertiary/aromatic N) is 1. The van der Waals surface area contributed by atoms with E-state index in [1.165, 1.54) is 11.0 Å². The van der Waals surface area contributed by atoms with Crippen molar-refractivity contribution in [1.82, 2.24) is 9.55 Å². The number of ether oxygens (including phenoxy) is 1. The number of nitrogen functional groups attached to an aromatic ring is 1. The van der Waals surface area contributed by atoms with Crippen molar-refractivity contribution in [3.05, 3.63) is 20.8 Å². The molecular weight excluding hydrogens is 272 g/mol. The third-order valence-corrected chi connectivity index (χ3v) is 4.13. The molecule has 1 aromatic rings. The second-order valence-electron chi connectivity index (χ2n) is 5.83. The molecular formula is C14H24N4O3. The molecule has 0 aliphatic heterocycles. The van der Waals surface area contributed by atoms with E-state index in [1.807, 2.05) is 0 Å². The Morgan fingerprint density at radius 2 is 2.19 bits per heavy atom. The number of nitrogens with two attached hydrogens (primary N) is 1. The number of hydrogen-bond donors (Lipinski definition) is 3. The highest BCUT2D eigenvalue weighted by Gasteiger charge is 2.22. The highest BCUT2D eigenvalue weighted by Crippen LogP contribution is 2.30. The van der Waals surface area contributed by atoms with Gasteiger partial charge in [0.05, 0.1) is 13.2 Å². The van der Waals surface area contributed by atoms with E-state index in [0.717, 1.165) is 18.8 Å². The number of rotatable bonds is 6. The Hall–Kier alpha value is -1.76. The summed E-state index contributed by atoms with van der Waals surface area (Å²) in [5, 5.41) is 3.12. The molecule has 2 atom stereocenters. The lowest BCUT2D eigenvalue weighted by molar-refractivity contribution is 0.186. The maximum Gasteiger partial charge on any atom is 0.330 e. The molecule has 7 heteroatoms. The van der Waals surface area contributed by atoms with Gasteiger partial charge in [-0.1, -0.05) is 13.3 Å². The van der Waals surface area contributed by atoms with Crippen molar-refractivity contribution >= 4 is 11.5 Å². The minimum Gasteiger partial charge on any atom is -0.383 e. The number of methoxy groups -OCH3 is 1. The molecule has 0 amide bonds. The maximum atomic E-state index is 11.9. The van der Waals surface area contributed by atoms with Gasteiger partial charge in [0.1, 0.15) is 11.5 Å². The van der Waals surface area contributed by atoms with Crippen molar-refractivity contribution in [1.29, 1.82) is 0 Å². The summed E-state index contributed by atoms with van der Waals surface area (Å²) in [6, 6.07) is 0. The van der Waals surface area contributed by atoms with Crippen LogP contribution in [0, 0.1) is 11.8 Å². The number of anilines is 2. The molecule has 7 nitrogen and oxygen atoms in total. The summed E-state index contributed by atoms with van der Waals surface area (Å²) >= 11 is 0. The van der Waals surface area contributed by atoms with Crippen LogP contribution in [0.4, 0.5) is 11.5 Å². The topological polar surface area (TPSA) is 102 Å². The summed E-state index contributed by atoms with van der Waals surface area (Å²) < 4.78 is 6.28. The lowest BCUT2D eigenvalue weighted by atomic mass is 10.1. The Balaban J connectivity index is 2.14. The highest BCUT2D eigenvalue weighted by molar-refractivity contribution is 5.60. The van der Waals surface area contributed by atoms with E-state index in [-0.39, 0.29) is 11.5 Å². The third kappa shape index (κ3) is 3.66. The first-order chi connectivity index (χ1) is 10.0. The predicted molar refractivity (Wildman–Crippen MR) is 82.6 cm³/mol. The van der Waals surface area contributed by atoms with Crippen molar-refractivity contribution in [2.75, 3.05) is 31.3 Å². The van der Waals surface area contributed by atoms with E-state index in [0.29, 0.717) is 25.6 Å². The second-order valence-corrected chi connectivity index (χ2v) is 5.83. The summed E-state index contributed by atoms with van der Waals surface area (Å²) in [6.07, 6.45) is 3.55. The van der Waals surface area contributed by atoms with Gasteiger partial charge in [-0.15, -0.1) is 0 Å². The van der Waals surface area contributed by atoms with E-state index < -0.39 is 11.2 Å². The molecule has 0 saturated heterocycles. The van der Waals surface area contributed by atoms with Gasteiger partial charge >= 0.3 is 5.69 Å². The van der Waals surface area contributed by atoms with Gasteiger partial charge in [-0.05, 0) is 24.7 Å². The quantitative estimate of drug-likeness (QED) is 0.714. The lowest BCUT2D eigenvalue weighted by Gasteiger charge is -2.16. The molecule has 1 aliphatic carbocycles. The maximum absolute atomic E-state index is 11.9. The largest absolute Gasteiger partial charge is 0.383 e. The average Bonchev–Trinajstić information content (AvgIpc) is 2.84. The third-order valence-electron chi connectivity index (χ3n) is 4.13. The fourth-order valence-electron chi connectivity index (χ4n) is 2.92. The van der Waals surface area contributed by atoms with Crippen LogP contribution in [0.3, 0.4) is 0 Å². The summed E-state index contributed by atoms with van der Waals surface area (Å²) in [4.78, 5) is 26.0. The zero-order valence-corrected chi connectivity index (χ0v) is 12.6. The molecule has 0 spiro atoms. The van der Waals surface area contributed by atoms with Gasteiger partial charge in [-0.3, -0.25) is 14.3 Å². The van der Waals surface area contributed by atoms with Gasteiger partial charge < -0.3 is 15.8 Å². The smallest absolute Gasteiger partial charge is 0.330 e. The Bertz CT molecular complexity index is 593. The molecule has 0 radical (unpaired) electrons. The van der Waals surface area contributed by atoms with Crippen molar-refractivity contribution < 1.29 is 4.74 Å². The summed E-state index contributed by atoms with van der Waals surface area (Å²) in [5.74, 6) is 1.47. The van der Waals surface area contributed by atoms with Crippen LogP contribution < -0.4 is 22.3 Å². The number of nitrogens with one attached hydrogen (secondary N) is 2. The van der Waals surface area contributed by atoms with Gasteiger partial charge in [-0.25, -0.2) is 4.79 Å². The Kier molecular flexibility index (Phi) is 5.06. The van der Waals surface area contributed by atoms with Crippen LogP contribution in [-0.4, -0.2) is 29.8 Å². The van der Waals surface area contributed by atoms with Crippen molar-refractivity contribution in [2.24, 2.45) is 11.8 Å². The van der Waals surface area contributed by atoms with Gasteiger partial charge in [0.15, 0.2) is 0 Å². The van der Waals surface area contributed by atoms with Crippen molar-refractivity contribution in [2.45, 2.75) is 32.7 Å². The van der Waals surface area contributed by atoms with Crippen LogP contribution in [-0.2, 0) is 11.3 Å². The molecule has 2 rings (SSSR count). The molecule has 1 aliphatic rings. The Labute approximate surface area is 123 Å². The number of hydrogen-bond acceptors (Lipinski definition) is 5. The van der Waals surface area contributed by atoms with Crippen LogP contribution in [0.25, 0.3) is 0 Å². The first kappa shape index (κ1) is 15.6. The zero-order valence-electron chi connectivity index (χ0n) is 12.6. The molecule has 1 aromatic heterocycles. The standard InChI is InChI=1S/C14H24N4O3/c1-9-3-4-10(7-9)8-16-11-12(15)18(5-6-21-2)14(20)17-13(11)19/h9-10,16H,3-8,15H2,1-2H3,(H,17,19,20). The Morgan fingerprint density at radius 3 is 2.81 bits per heavy atom.